The Bertz CT molecular complexity index is 1010. The van der Waals surface area contributed by atoms with Crippen molar-refractivity contribution < 1.29 is 23.9 Å². The number of hydrogen-bond acceptors (Lipinski definition) is 5. The number of unbranched alkanes of at least 4 members (excludes halogenated alkanes) is 4. The average molecular weight is 559 g/mol. The highest BCUT2D eigenvalue weighted by Gasteiger charge is 2.37. The van der Waals surface area contributed by atoms with Crippen LogP contribution in [0, 0.1) is 0 Å². The van der Waals surface area contributed by atoms with Crippen molar-refractivity contribution in [1.82, 2.24) is 15.5 Å². The minimum atomic E-state index is -1.12. The molecule has 9 nitrogen and oxygen atoms in total. The van der Waals surface area contributed by atoms with Crippen LogP contribution < -0.4 is 16.4 Å². The predicted molar refractivity (Wildman–Crippen MR) is 159 cm³/mol. The fourth-order valence-corrected chi connectivity index (χ4v) is 4.21. The third-order valence-electron chi connectivity index (χ3n) is 5.97. The number of carbonyl (C=O) groups excluding carboxylic acids is 4. The molecule has 2 unspecified atom stereocenters. The van der Waals surface area contributed by atoms with Crippen molar-refractivity contribution in [1.29, 1.82) is 0 Å². The lowest BCUT2D eigenvalue weighted by molar-refractivity contribution is -0.143. The van der Waals surface area contributed by atoms with Gasteiger partial charge in [-0.05, 0) is 71.6 Å². The lowest BCUT2D eigenvalue weighted by Gasteiger charge is -2.36. The predicted octanol–water partition coefficient (Wildman–Crippen LogP) is 5.24. The van der Waals surface area contributed by atoms with Crippen molar-refractivity contribution in [3.05, 3.63) is 42.0 Å². The number of nitrogens with zero attached hydrogens (tertiary/aromatic N) is 1. The average Bonchev–Trinajstić information content (AvgIpc) is 2.83. The molecule has 1 aromatic rings. The second-order valence-electron chi connectivity index (χ2n) is 12.2. The summed E-state index contributed by atoms with van der Waals surface area (Å²) in [7, 11) is 0. The van der Waals surface area contributed by atoms with Crippen LogP contribution in [0.5, 0.6) is 0 Å². The Morgan fingerprint density at radius 3 is 2.25 bits per heavy atom. The Labute approximate surface area is 240 Å². The number of hydrogen-bond donors (Lipinski definition) is 3. The summed E-state index contributed by atoms with van der Waals surface area (Å²) in [6.07, 6.45) is 5.44. The molecule has 0 radical (unpaired) electrons. The van der Waals surface area contributed by atoms with E-state index in [0.717, 1.165) is 31.2 Å². The summed E-state index contributed by atoms with van der Waals surface area (Å²) in [5.41, 5.74) is 5.47. The van der Waals surface area contributed by atoms with E-state index in [1.165, 1.54) is 4.90 Å². The van der Waals surface area contributed by atoms with Gasteiger partial charge in [0, 0.05) is 18.5 Å². The topological polar surface area (TPSA) is 131 Å². The molecule has 0 fully saturated rings. The zero-order valence-corrected chi connectivity index (χ0v) is 25.5. The summed E-state index contributed by atoms with van der Waals surface area (Å²) in [6.45, 7) is 17.0. The van der Waals surface area contributed by atoms with Crippen LogP contribution in [0.25, 0.3) is 6.08 Å². The molecule has 0 aliphatic carbocycles. The first-order valence-corrected chi connectivity index (χ1v) is 14.2. The number of carbonyl (C=O) groups is 4. The van der Waals surface area contributed by atoms with E-state index < -0.39 is 41.1 Å². The summed E-state index contributed by atoms with van der Waals surface area (Å²) in [6, 6.07) is 5.22. The Kier molecular flexibility index (Phi) is 13.9. The smallest absolute Gasteiger partial charge is 0.408 e. The molecular weight excluding hydrogens is 508 g/mol. The third-order valence-corrected chi connectivity index (χ3v) is 5.97. The summed E-state index contributed by atoms with van der Waals surface area (Å²) >= 11 is 0. The van der Waals surface area contributed by atoms with Crippen molar-refractivity contribution in [3.63, 3.8) is 0 Å². The lowest BCUT2D eigenvalue weighted by atomic mass is 9.97. The van der Waals surface area contributed by atoms with Crippen LogP contribution in [0.2, 0.25) is 0 Å². The molecule has 0 saturated heterocycles. The van der Waals surface area contributed by atoms with Gasteiger partial charge in [-0.3, -0.25) is 14.4 Å². The molecule has 0 aliphatic heterocycles. The normalized spacial score (nSPS) is 13.1. The molecule has 0 saturated carbocycles. The van der Waals surface area contributed by atoms with Gasteiger partial charge in [0.1, 0.15) is 17.7 Å². The highest BCUT2D eigenvalue weighted by Crippen LogP contribution is 2.26. The van der Waals surface area contributed by atoms with Gasteiger partial charge < -0.3 is 26.0 Å². The van der Waals surface area contributed by atoms with Gasteiger partial charge in [0.05, 0.1) is 0 Å². The number of nitrogens with one attached hydrogen (secondary N) is 2. The maximum atomic E-state index is 14.2. The summed E-state index contributed by atoms with van der Waals surface area (Å²) in [5.74, 6) is -1.43. The zero-order valence-electron chi connectivity index (χ0n) is 25.5. The Morgan fingerprint density at radius 1 is 1.05 bits per heavy atom. The van der Waals surface area contributed by atoms with Crippen LogP contribution >= 0.6 is 0 Å². The molecule has 224 valence electrons. The van der Waals surface area contributed by atoms with Crippen molar-refractivity contribution in [3.8, 4) is 0 Å². The highest BCUT2D eigenvalue weighted by molar-refractivity contribution is 5.92. The highest BCUT2D eigenvalue weighted by atomic mass is 16.6. The van der Waals surface area contributed by atoms with E-state index >= 15 is 0 Å². The van der Waals surface area contributed by atoms with Crippen molar-refractivity contribution in [2.45, 2.75) is 117 Å². The molecule has 40 heavy (non-hydrogen) atoms. The van der Waals surface area contributed by atoms with Gasteiger partial charge in [-0.2, -0.15) is 0 Å². The first kappa shape index (κ1) is 34.7. The molecule has 0 aliphatic rings. The molecule has 4 N–H and O–H groups in total. The molecule has 4 amide bonds. The van der Waals surface area contributed by atoms with Gasteiger partial charge in [0.15, 0.2) is 0 Å². The van der Waals surface area contributed by atoms with E-state index in [2.05, 4.69) is 24.1 Å². The fraction of sp³-hybridized carbons (Fsp3) is 0.613. The Morgan fingerprint density at radius 2 is 1.70 bits per heavy atom. The van der Waals surface area contributed by atoms with Crippen LogP contribution in [0.1, 0.15) is 111 Å². The van der Waals surface area contributed by atoms with E-state index in [1.807, 2.05) is 39.0 Å². The summed E-state index contributed by atoms with van der Waals surface area (Å²) in [4.78, 5) is 53.9. The van der Waals surface area contributed by atoms with E-state index in [4.69, 9.17) is 10.5 Å². The second-order valence-corrected chi connectivity index (χ2v) is 12.2. The van der Waals surface area contributed by atoms with Gasteiger partial charge in [-0.25, -0.2) is 4.79 Å². The number of rotatable bonds is 15. The zero-order chi connectivity index (χ0) is 30.5. The van der Waals surface area contributed by atoms with Crippen LogP contribution in [0.4, 0.5) is 4.79 Å². The maximum Gasteiger partial charge on any atom is 0.408 e. The Balaban J connectivity index is 3.58. The molecule has 9 heteroatoms. The third kappa shape index (κ3) is 13.1. The van der Waals surface area contributed by atoms with Gasteiger partial charge in [0.25, 0.3) is 0 Å². The number of primary amides is 1. The van der Waals surface area contributed by atoms with Gasteiger partial charge in [-0.15, -0.1) is 0 Å². The number of alkyl carbamates (subject to hydrolysis) is 1. The van der Waals surface area contributed by atoms with E-state index in [0.29, 0.717) is 12.0 Å². The first-order valence-electron chi connectivity index (χ1n) is 14.2. The van der Waals surface area contributed by atoms with E-state index in [-0.39, 0.29) is 25.3 Å². The van der Waals surface area contributed by atoms with Gasteiger partial charge in [-0.1, -0.05) is 63.5 Å². The van der Waals surface area contributed by atoms with Crippen molar-refractivity contribution in [2.24, 2.45) is 5.73 Å². The molecule has 0 aromatic heterocycles. The van der Waals surface area contributed by atoms with E-state index in [9.17, 15) is 19.2 Å². The molecule has 0 bridgehead atoms. The quantitative estimate of drug-likeness (QED) is 0.253. The largest absolute Gasteiger partial charge is 0.444 e. The lowest BCUT2D eigenvalue weighted by Crippen LogP contribution is -2.55. The second kappa shape index (κ2) is 16.0. The molecular formula is C31H50N4O5. The first-order chi connectivity index (χ1) is 18.6. The summed E-state index contributed by atoms with van der Waals surface area (Å²) < 4.78 is 5.39. The number of amides is 4. The summed E-state index contributed by atoms with van der Waals surface area (Å²) in [5, 5.41) is 5.65. The number of nitrogens with two attached hydrogens (primary N) is 1. The molecule has 1 rings (SSSR count). The van der Waals surface area contributed by atoms with Crippen molar-refractivity contribution in [2.75, 3.05) is 6.54 Å². The maximum absolute atomic E-state index is 14.2. The molecule has 1 aromatic carbocycles. The molecule has 0 spiro atoms. The van der Waals surface area contributed by atoms with E-state index in [1.54, 1.807) is 32.9 Å². The number of ether oxygens (including phenoxy) is 1. The number of benzene rings is 1. The van der Waals surface area contributed by atoms with Crippen LogP contribution in [0.3, 0.4) is 0 Å². The fourth-order valence-electron chi connectivity index (χ4n) is 4.21. The Hall–Kier alpha value is -3.36. The SMILES string of the molecule is C=Cc1cccc(C(C(=O)NC(C)(C)C)N(CCCCCCC)C(=O)C(CCC(N)=O)NC(=O)OC(C)(C)C)c1. The van der Waals surface area contributed by atoms with Crippen LogP contribution in [-0.2, 0) is 19.1 Å². The van der Waals surface area contributed by atoms with Crippen LogP contribution in [0.15, 0.2) is 30.8 Å². The van der Waals surface area contributed by atoms with Gasteiger partial charge in [0.2, 0.25) is 17.7 Å². The van der Waals surface area contributed by atoms with Gasteiger partial charge >= 0.3 is 6.09 Å². The standard InChI is InChI=1S/C31H50N4O5/c1-9-11-12-13-14-20-35(28(38)24(18-19-25(32)36)33-29(39)40-31(6,7)8)26(27(37)34-30(3,4)5)23-17-15-16-22(10-2)21-23/h10,15-17,21,24,26H,2,9,11-14,18-20H2,1,3-8H3,(H2,32,36)(H,33,39)(H,34,37). The molecule has 0 heterocycles. The minimum Gasteiger partial charge on any atom is -0.444 e. The minimum absolute atomic E-state index is 0.0277. The molecule has 2 atom stereocenters. The monoisotopic (exact) mass is 558 g/mol. The van der Waals surface area contributed by atoms with Crippen molar-refractivity contribution >= 4 is 29.9 Å². The van der Waals surface area contributed by atoms with Crippen LogP contribution in [-0.4, -0.2) is 52.4 Å².